The Labute approximate surface area is 163 Å². The number of H-pyrrole nitrogens is 1. The van der Waals surface area contributed by atoms with Crippen molar-refractivity contribution in [1.82, 2.24) is 20.2 Å². The van der Waals surface area contributed by atoms with Crippen LogP contribution in [0.15, 0.2) is 30.5 Å². The van der Waals surface area contributed by atoms with Crippen molar-refractivity contribution in [2.45, 2.75) is 32.1 Å². The summed E-state index contributed by atoms with van der Waals surface area (Å²) < 4.78 is 0. The first kappa shape index (κ1) is 18.5. The number of rotatable bonds is 6. The molecule has 1 saturated carbocycles. The molecular formula is C21H26N4O3. The number of likely N-dealkylation sites (tertiary alicyclic amines) is 1. The molecule has 1 saturated heterocycles. The van der Waals surface area contributed by atoms with E-state index in [9.17, 15) is 14.7 Å². The lowest BCUT2D eigenvalue weighted by molar-refractivity contribution is -0.134. The Balaban J connectivity index is 1.35. The molecule has 2 aromatic rings. The van der Waals surface area contributed by atoms with Crippen LogP contribution in [0.3, 0.4) is 0 Å². The van der Waals surface area contributed by atoms with Gasteiger partial charge in [0, 0.05) is 31.1 Å². The predicted molar refractivity (Wildman–Crippen MR) is 106 cm³/mol. The van der Waals surface area contributed by atoms with Crippen molar-refractivity contribution in [2.24, 2.45) is 11.8 Å². The molecule has 2 amide bonds. The minimum atomic E-state index is -0.129. The van der Waals surface area contributed by atoms with Crippen LogP contribution in [0.4, 0.5) is 0 Å². The summed E-state index contributed by atoms with van der Waals surface area (Å²) in [5, 5.41) is 12.3. The largest absolute Gasteiger partial charge is 0.512 e. The second-order valence-corrected chi connectivity index (χ2v) is 7.94. The monoisotopic (exact) mass is 382 g/mol. The fourth-order valence-corrected chi connectivity index (χ4v) is 3.84. The Morgan fingerprint density at radius 2 is 2.14 bits per heavy atom. The van der Waals surface area contributed by atoms with Crippen molar-refractivity contribution in [2.75, 3.05) is 19.6 Å². The maximum atomic E-state index is 12.6. The van der Waals surface area contributed by atoms with Gasteiger partial charge in [-0.2, -0.15) is 0 Å². The number of carbonyl (C=O) groups is 2. The van der Waals surface area contributed by atoms with E-state index in [4.69, 9.17) is 0 Å². The molecule has 7 heteroatoms. The molecule has 4 rings (SSSR count). The summed E-state index contributed by atoms with van der Waals surface area (Å²) in [7, 11) is 0. The highest BCUT2D eigenvalue weighted by Crippen LogP contribution is 2.32. The van der Waals surface area contributed by atoms with Gasteiger partial charge in [-0.3, -0.25) is 9.59 Å². The third kappa shape index (κ3) is 4.18. The molecule has 1 aromatic heterocycles. The van der Waals surface area contributed by atoms with Crippen LogP contribution in [-0.2, 0) is 11.2 Å². The van der Waals surface area contributed by atoms with Gasteiger partial charge in [-0.05, 0) is 49.8 Å². The minimum Gasteiger partial charge on any atom is -0.512 e. The highest BCUT2D eigenvalue weighted by Gasteiger charge is 2.35. The van der Waals surface area contributed by atoms with Gasteiger partial charge in [0.25, 0.3) is 5.91 Å². The first-order valence-corrected chi connectivity index (χ1v) is 9.92. The Morgan fingerprint density at radius 3 is 2.89 bits per heavy atom. The van der Waals surface area contributed by atoms with Crippen LogP contribution in [-0.4, -0.2) is 51.4 Å². The third-order valence-electron chi connectivity index (χ3n) is 5.47. The fraction of sp³-hybridized carbons (Fsp3) is 0.476. The summed E-state index contributed by atoms with van der Waals surface area (Å²) in [6.45, 7) is 5.63. The molecule has 1 atom stereocenters. The number of imidazole rings is 1. The van der Waals surface area contributed by atoms with Gasteiger partial charge in [0.15, 0.2) is 0 Å². The smallest absolute Gasteiger partial charge is 0.251 e. The number of aliphatic hydroxyl groups excluding tert-OH is 1. The second kappa shape index (κ2) is 7.66. The van der Waals surface area contributed by atoms with E-state index < -0.39 is 0 Å². The summed E-state index contributed by atoms with van der Waals surface area (Å²) in [6.07, 6.45) is 4.34. The number of hydrogen-bond donors (Lipinski definition) is 3. The van der Waals surface area contributed by atoms with Crippen LogP contribution in [0.25, 0.3) is 11.0 Å². The zero-order valence-corrected chi connectivity index (χ0v) is 15.9. The number of carbonyl (C=O) groups excluding carboxylic acids is 2. The second-order valence-electron chi connectivity index (χ2n) is 7.94. The van der Waals surface area contributed by atoms with Gasteiger partial charge in [0.1, 0.15) is 5.82 Å². The number of fused-ring (bicyclic) bond motifs is 1. The number of nitrogens with zero attached hydrogens (tertiary/aromatic N) is 2. The summed E-state index contributed by atoms with van der Waals surface area (Å²) in [6, 6.07) is 5.31. The lowest BCUT2D eigenvalue weighted by Crippen LogP contribution is -2.44. The van der Waals surface area contributed by atoms with Crippen molar-refractivity contribution in [3.8, 4) is 0 Å². The summed E-state index contributed by atoms with van der Waals surface area (Å²) in [4.78, 5) is 34.3. The molecule has 1 aliphatic carbocycles. The number of aliphatic hydroxyl groups is 1. The van der Waals surface area contributed by atoms with Gasteiger partial charge in [-0.25, -0.2) is 4.98 Å². The average Bonchev–Trinajstić information content (AvgIpc) is 3.45. The van der Waals surface area contributed by atoms with Gasteiger partial charge in [-0.15, -0.1) is 0 Å². The van der Waals surface area contributed by atoms with Gasteiger partial charge in [0.05, 0.1) is 23.2 Å². The molecule has 3 N–H and O–H groups in total. The molecule has 0 radical (unpaired) electrons. The van der Waals surface area contributed by atoms with Crippen molar-refractivity contribution in [1.29, 1.82) is 0 Å². The summed E-state index contributed by atoms with van der Waals surface area (Å²) >= 11 is 0. The fourth-order valence-electron chi connectivity index (χ4n) is 3.84. The molecule has 1 unspecified atom stereocenters. The molecule has 1 aromatic carbocycles. The predicted octanol–water partition coefficient (Wildman–Crippen LogP) is 2.56. The number of piperidine rings is 1. The third-order valence-corrected chi connectivity index (χ3v) is 5.47. The minimum absolute atomic E-state index is 0.0405. The zero-order valence-electron chi connectivity index (χ0n) is 15.9. The maximum Gasteiger partial charge on any atom is 0.251 e. The van der Waals surface area contributed by atoms with Gasteiger partial charge in [0.2, 0.25) is 5.91 Å². The summed E-state index contributed by atoms with van der Waals surface area (Å²) in [5.74, 6) is 1.37. The molecule has 7 nitrogen and oxygen atoms in total. The van der Waals surface area contributed by atoms with Crippen LogP contribution >= 0.6 is 0 Å². The Hall–Kier alpha value is -2.83. The number of allylic oxidation sites excluding steroid dienone is 1. The molecule has 148 valence electrons. The highest BCUT2D eigenvalue weighted by atomic mass is 16.3. The molecule has 2 fully saturated rings. The van der Waals surface area contributed by atoms with Gasteiger partial charge < -0.3 is 20.3 Å². The number of hydrogen-bond acceptors (Lipinski definition) is 4. The Kier molecular flexibility index (Phi) is 5.07. The van der Waals surface area contributed by atoms with Crippen LogP contribution in [0.2, 0.25) is 0 Å². The SMILES string of the molecule is C=C(O)Cc1nc2ccc(C(=O)NCC3CCCN(C(=O)C4CC4)C3)cc2[nH]1. The van der Waals surface area contributed by atoms with Crippen molar-refractivity contribution in [3.63, 3.8) is 0 Å². The number of aromatic nitrogens is 2. The summed E-state index contributed by atoms with van der Waals surface area (Å²) in [5.41, 5.74) is 2.06. The normalized spacial score (nSPS) is 19.6. The molecule has 0 spiro atoms. The maximum absolute atomic E-state index is 12.6. The van der Waals surface area contributed by atoms with Crippen molar-refractivity contribution >= 4 is 22.8 Å². The van der Waals surface area contributed by atoms with Crippen molar-refractivity contribution in [3.05, 3.63) is 41.9 Å². The standard InChI is InChI=1S/C21H26N4O3/c1-13(26)9-19-23-17-7-6-16(10-18(17)24-19)20(27)22-11-14-3-2-8-25(12-14)21(28)15-4-5-15/h6-7,10,14-15,26H,1-5,8-9,11-12H2,(H,22,27)(H,23,24). The molecule has 2 aliphatic rings. The highest BCUT2D eigenvalue weighted by molar-refractivity contribution is 5.97. The number of aromatic amines is 1. The number of benzene rings is 1. The van der Waals surface area contributed by atoms with E-state index in [0.29, 0.717) is 29.8 Å². The van der Waals surface area contributed by atoms with E-state index in [1.54, 1.807) is 18.2 Å². The quantitative estimate of drug-likeness (QED) is 0.669. The first-order chi connectivity index (χ1) is 13.5. The number of amides is 2. The van der Waals surface area contributed by atoms with Crippen LogP contribution in [0.1, 0.15) is 41.9 Å². The Morgan fingerprint density at radius 1 is 1.32 bits per heavy atom. The zero-order chi connectivity index (χ0) is 19.7. The first-order valence-electron chi connectivity index (χ1n) is 9.92. The van der Waals surface area contributed by atoms with E-state index in [1.165, 1.54) is 0 Å². The van der Waals surface area contributed by atoms with Gasteiger partial charge >= 0.3 is 0 Å². The van der Waals surface area contributed by atoms with E-state index in [-0.39, 0.29) is 24.0 Å². The molecule has 0 bridgehead atoms. The van der Waals surface area contributed by atoms with Crippen molar-refractivity contribution < 1.29 is 14.7 Å². The lowest BCUT2D eigenvalue weighted by Gasteiger charge is -2.33. The van der Waals surface area contributed by atoms with Crippen LogP contribution in [0.5, 0.6) is 0 Å². The average molecular weight is 382 g/mol. The van der Waals surface area contributed by atoms with E-state index in [2.05, 4.69) is 21.9 Å². The van der Waals surface area contributed by atoms with Crippen LogP contribution < -0.4 is 5.32 Å². The molecule has 2 heterocycles. The Bertz CT molecular complexity index is 916. The molecule has 1 aliphatic heterocycles. The topological polar surface area (TPSA) is 98.3 Å². The molecular weight excluding hydrogens is 356 g/mol. The number of nitrogens with one attached hydrogen (secondary N) is 2. The van der Waals surface area contributed by atoms with Crippen LogP contribution in [0, 0.1) is 11.8 Å². The van der Waals surface area contributed by atoms with E-state index >= 15 is 0 Å². The van der Waals surface area contributed by atoms with E-state index in [0.717, 1.165) is 49.8 Å². The van der Waals surface area contributed by atoms with Gasteiger partial charge in [-0.1, -0.05) is 6.58 Å². The lowest BCUT2D eigenvalue weighted by atomic mass is 9.97. The molecule has 28 heavy (non-hydrogen) atoms. The van der Waals surface area contributed by atoms with E-state index in [1.807, 2.05) is 4.90 Å².